The zero-order valence-corrected chi connectivity index (χ0v) is 16.4. The zero-order valence-electron chi connectivity index (χ0n) is 15.6. The summed E-state index contributed by atoms with van der Waals surface area (Å²) in [6, 6.07) is 11.0. The molecule has 1 heterocycles. The van der Waals surface area contributed by atoms with Crippen molar-refractivity contribution in [2.75, 3.05) is 16.7 Å². The van der Waals surface area contributed by atoms with Crippen LogP contribution < -0.4 is 9.04 Å². The smallest absolute Gasteiger partial charge is 0.235 e. The van der Waals surface area contributed by atoms with E-state index in [1.165, 1.54) is 4.31 Å². The van der Waals surface area contributed by atoms with Crippen LogP contribution in [0.3, 0.4) is 0 Å². The lowest BCUT2D eigenvalue weighted by Crippen LogP contribution is -2.32. The Hall–Kier alpha value is -2.08. The first-order valence-electron chi connectivity index (χ1n) is 9.19. The van der Waals surface area contributed by atoms with Gasteiger partial charge in [-0.1, -0.05) is 32.8 Å². The van der Waals surface area contributed by atoms with Crippen molar-refractivity contribution in [1.29, 1.82) is 0 Å². The molecule has 0 atom stereocenters. The topological polar surface area (TPSA) is 59.5 Å². The van der Waals surface area contributed by atoms with Gasteiger partial charge in [-0.25, -0.2) is 8.42 Å². The number of hydrogen-bond donors (Lipinski definition) is 0. The molecule has 2 rings (SSSR count). The van der Waals surface area contributed by atoms with Crippen LogP contribution in [-0.4, -0.2) is 25.8 Å². The molecule has 0 N–H and O–H groups in total. The van der Waals surface area contributed by atoms with Gasteiger partial charge in [0, 0.05) is 12.4 Å². The van der Waals surface area contributed by atoms with Crippen molar-refractivity contribution in [2.24, 2.45) is 0 Å². The summed E-state index contributed by atoms with van der Waals surface area (Å²) in [6.45, 7) is 4.98. The molecule has 5 nitrogen and oxygen atoms in total. The predicted octanol–water partition coefficient (Wildman–Crippen LogP) is 4.40. The molecule has 2 aromatic rings. The van der Waals surface area contributed by atoms with Gasteiger partial charge in [0.25, 0.3) is 0 Å². The number of hydrogen-bond acceptors (Lipinski definition) is 4. The highest BCUT2D eigenvalue weighted by Gasteiger charge is 2.22. The van der Waals surface area contributed by atoms with Crippen LogP contribution >= 0.6 is 0 Å². The molecule has 0 aliphatic carbocycles. The van der Waals surface area contributed by atoms with Crippen molar-refractivity contribution >= 4 is 15.7 Å². The van der Waals surface area contributed by atoms with Gasteiger partial charge in [-0.2, -0.15) is 0 Å². The first kappa shape index (κ1) is 20.2. The first-order valence-corrected chi connectivity index (χ1v) is 10.8. The van der Waals surface area contributed by atoms with Gasteiger partial charge in [-0.15, -0.1) is 0 Å². The number of sulfonamides is 1. The lowest BCUT2D eigenvalue weighted by atomic mass is 10.2. The van der Waals surface area contributed by atoms with Gasteiger partial charge in [0.05, 0.1) is 24.6 Å². The molecule has 142 valence electrons. The molecular formula is C20H28N2O3S. The van der Waals surface area contributed by atoms with E-state index in [9.17, 15) is 8.42 Å². The maximum atomic E-state index is 12.7. The van der Waals surface area contributed by atoms with Crippen LogP contribution in [0.15, 0.2) is 48.8 Å². The van der Waals surface area contributed by atoms with Gasteiger partial charge in [-0.05, 0) is 48.7 Å². The van der Waals surface area contributed by atoms with E-state index >= 15 is 0 Å². The van der Waals surface area contributed by atoms with Crippen molar-refractivity contribution in [2.45, 2.75) is 46.1 Å². The number of rotatable bonds is 11. The van der Waals surface area contributed by atoms with Gasteiger partial charge in [-0.3, -0.25) is 9.29 Å². The molecule has 1 aromatic carbocycles. The Balaban J connectivity index is 2.16. The number of nitrogens with zero attached hydrogens (tertiary/aromatic N) is 2. The largest absolute Gasteiger partial charge is 0.494 e. The molecule has 0 aliphatic rings. The van der Waals surface area contributed by atoms with Crippen LogP contribution in [0.4, 0.5) is 5.69 Å². The van der Waals surface area contributed by atoms with E-state index in [0.717, 1.165) is 30.6 Å². The average Bonchev–Trinajstić information content (AvgIpc) is 2.65. The summed E-state index contributed by atoms with van der Waals surface area (Å²) in [7, 11) is -3.40. The molecule has 0 aliphatic heterocycles. The minimum atomic E-state index is -3.40. The Labute approximate surface area is 157 Å². The summed E-state index contributed by atoms with van der Waals surface area (Å²) in [5, 5.41) is 0. The fourth-order valence-electron chi connectivity index (χ4n) is 2.63. The van der Waals surface area contributed by atoms with E-state index in [1.54, 1.807) is 24.5 Å². The molecule has 0 saturated carbocycles. The quantitative estimate of drug-likeness (QED) is 0.546. The second-order valence-electron chi connectivity index (χ2n) is 6.23. The Morgan fingerprint density at radius 2 is 1.81 bits per heavy atom. The number of aromatic nitrogens is 1. The van der Waals surface area contributed by atoms with E-state index in [1.807, 2.05) is 31.2 Å². The molecule has 0 amide bonds. The SMILES string of the molecule is CCCCCOc1ccc(N(Cc2cccnc2)S(=O)(=O)CCC)cc1. The second kappa shape index (κ2) is 10.2. The van der Waals surface area contributed by atoms with E-state index in [-0.39, 0.29) is 12.3 Å². The molecule has 6 heteroatoms. The fourth-order valence-corrected chi connectivity index (χ4v) is 4.15. The van der Waals surface area contributed by atoms with Crippen molar-refractivity contribution in [3.63, 3.8) is 0 Å². The lowest BCUT2D eigenvalue weighted by Gasteiger charge is -2.24. The zero-order chi connectivity index (χ0) is 18.8. The molecule has 26 heavy (non-hydrogen) atoms. The van der Waals surface area contributed by atoms with E-state index in [0.29, 0.717) is 18.7 Å². The maximum absolute atomic E-state index is 12.7. The Bertz CT molecular complexity index is 746. The van der Waals surface area contributed by atoms with E-state index in [4.69, 9.17) is 4.74 Å². The third-order valence-electron chi connectivity index (χ3n) is 3.99. The molecular weight excluding hydrogens is 348 g/mol. The first-order chi connectivity index (χ1) is 12.6. The van der Waals surface area contributed by atoms with Gasteiger partial charge >= 0.3 is 0 Å². The Kier molecular flexibility index (Phi) is 7.91. The molecule has 0 unspecified atom stereocenters. The molecule has 0 fully saturated rings. The molecule has 0 spiro atoms. The minimum Gasteiger partial charge on any atom is -0.494 e. The predicted molar refractivity (Wildman–Crippen MR) is 106 cm³/mol. The second-order valence-corrected chi connectivity index (χ2v) is 8.25. The summed E-state index contributed by atoms with van der Waals surface area (Å²) in [4.78, 5) is 4.08. The van der Waals surface area contributed by atoms with Crippen LogP contribution in [0.25, 0.3) is 0 Å². The number of ether oxygens (including phenoxy) is 1. The number of benzene rings is 1. The van der Waals surface area contributed by atoms with E-state index in [2.05, 4.69) is 11.9 Å². The fraction of sp³-hybridized carbons (Fsp3) is 0.450. The summed E-state index contributed by atoms with van der Waals surface area (Å²) in [6.07, 6.45) is 7.27. The minimum absolute atomic E-state index is 0.114. The molecule has 0 radical (unpaired) electrons. The summed E-state index contributed by atoms with van der Waals surface area (Å²) < 4.78 is 32.6. The lowest BCUT2D eigenvalue weighted by molar-refractivity contribution is 0.306. The molecule has 1 aromatic heterocycles. The number of unbranched alkanes of at least 4 members (excludes halogenated alkanes) is 2. The summed E-state index contributed by atoms with van der Waals surface area (Å²) in [5.41, 5.74) is 1.50. The van der Waals surface area contributed by atoms with Gasteiger partial charge in [0.15, 0.2) is 0 Å². The van der Waals surface area contributed by atoms with Crippen LogP contribution in [0.2, 0.25) is 0 Å². The van der Waals surface area contributed by atoms with Crippen LogP contribution in [-0.2, 0) is 16.6 Å². The van der Waals surface area contributed by atoms with Crippen molar-refractivity contribution in [3.05, 3.63) is 54.4 Å². The number of pyridine rings is 1. The highest BCUT2D eigenvalue weighted by atomic mass is 32.2. The molecule has 0 bridgehead atoms. The Morgan fingerprint density at radius 3 is 2.42 bits per heavy atom. The normalized spacial score (nSPS) is 11.3. The van der Waals surface area contributed by atoms with Crippen LogP contribution in [0.1, 0.15) is 45.1 Å². The van der Waals surface area contributed by atoms with Gasteiger partial charge in [0.1, 0.15) is 5.75 Å². The van der Waals surface area contributed by atoms with Crippen molar-refractivity contribution < 1.29 is 13.2 Å². The summed E-state index contributed by atoms with van der Waals surface area (Å²) >= 11 is 0. The molecule has 0 saturated heterocycles. The third kappa shape index (κ3) is 6.02. The summed E-state index contributed by atoms with van der Waals surface area (Å²) in [5.74, 6) is 0.877. The standard InChI is InChI=1S/C20H28N2O3S/c1-3-5-6-14-25-20-11-9-19(10-12-20)22(26(23,24)15-4-2)17-18-8-7-13-21-16-18/h7-13,16H,3-6,14-15,17H2,1-2H3. The van der Waals surface area contributed by atoms with E-state index < -0.39 is 10.0 Å². The monoisotopic (exact) mass is 376 g/mol. The maximum Gasteiger partial charge on any atom is 0.235 e. The number of anilines is 1. The van der Waals surface area contributed by atoms with Crippen LogP contribution in [0.5, 0.6) is 5.75 Å². The third-order valence-corrected chi connectivity index (χ3v) is 5.92. The van der Waals surface area contributed by atoms with Gasteiger partial charge in [0.2, 0.25) is 10.0 Å². The van der Waals surface area contributed by atoms with Crippen molar-refractivity contribution in [3.8, 4) is 5.75 Å². The highest BCUT2D eigenvalue weighted by molar-refractivity contribution is 7.92. The van der Waals surface area contributed by atoms with Crippen LogP contribution in [0, 0.1) is 0 Å². The van der Waals surface area contributed by atoms with Gasteiger partial charge < -0.3 is 4.74 Å². The highest BCUT2D eigenvalue weighted by Crippen LogP contribution is 2.24. The Morgan fingerprint density at radius 1 is 1.04 bits per heavy atom. The van der Waals surface area contributed by atoms with Crippen molar-refractivity contribution in [1.82, 2.24) is 4.98 Å². The average molecular weight is 377 g/mol.